The number of hydrogen-bond acceptors (Lipinski definition) is 3. The maximum atomic E-state index is 10.2. The second kappa shape index (κ2) is 6.97. The minimum atomic E-state index is -0.529. The van der Waals surface area contributed by atoms with Gasteiger partial charge in [0.05, 0.1) is 5.60 Å². The molecule has 0 bridgehead atoms. The van der Waals surface area contributed by atoms with Crippen LogP contribution in [0.5, 0.6) is 0 Å². The molecule has 0 radical (unpaired) electrons. The highest BCUT2D eigenvalue weighted by Crippen LogP contribution is 2.30. The molecule has 2 N–H and O–H groups in total. The molecule has 1 aromatic carbocycles. The van der Waals surface area contributed by atoms with Crippen molar-refractivity contribution in [3.63, 3.8) is 0 Å². The average Bonchev–Trinajstić information content (AvgIpc) is 2.54. The summed E-state index contributed by atoms with van der Waals surface area (Å²) in [7, 11) is 1.80. The largest absolute Gasteiger partial charge is 0.388 e. The number of nitrogens with one attached hydrogen (secondary N) is 1. The number of guanidine groups is 1. The number of aliphatic hydroxyl groups is 1. The molecule has 23 heavy (non-hydrogen) atoms. The minimum absolute atomic E-state index is 0.529. The summed E-state index contributed by atoms with van der Waals surface area (Å²) in [4.78, 5) is 8.96. The number of aliphatic imine (C=N–C) groups is 1. The Balaban J connectivity index is 1.53. The van der Waals surface area contributed by atoms with E-state index < -0.39 is 5.60 Å². The third-order valence-electron chi connectivity index (χ3n) is 4.82. The molecule has 5 nitrogen and oxygen atoms in total. The van der Waals surface area contributed by atoms with E-state index in [4.69, 9.17) is 11.6 Å². The molecule has 2 fully saturated rings. The Morgan fingerprint density at radius 3 is 2.61 bits per heavy atom. The van der Waals surface area contributed by atoms with E-state index in [9.17, 15) is 5.11 Å². The number of piperazine rings is 1. The summed E-state index contributed by atoms with van der Waals surface area (Å²) in [6, 6.07) is 8.00. The first-order valence-electron chi connectivity index (χ1n) is 8.28. The van der Waals surface area contributed by atoms with E-state index in [0.29, 0.717) is 6.54 Å². The summed E-state index contributed by atoms with van der Waals surface area (Å²) in [5.74, 6) is 0.885. The third-order valence-corrected chi connectivity index (χ3v) is 5.06. The standard InChI is InChI=1S/C17H25ClN4O/c1-19-16(20-13-17(23)6-3-7-17)22-10-8-21(9-11-22)15-5-2-4-14(18)12-15/h2,4-5,12,23H,3,6-11,13H2,1H3,(H,19,20). The number of rotatable bonds is 3. The van der Waals surface area contributed by atoms with Gasteiger partial charge in [0.15, 0.2) is 5.96 Å². The number of halogens is 1. The SMILES string of the molecule is CN=C(NCC1(O)CCC1)N1CCN(c2cccc(Cl)c2)CC1. The van der Waals surface area contributed by atoms with Gasteiger partial charge in [-0.3, -0.25) is 4.99 Å². The molecule has 1 saturated carbocycles. The molecular formula is C17H25ClN4O. The van der Waals surface area contributed by atoms with E-state index >= 15 is 0 Å². The molecule has 6 heteroatoms. The van der Waals surface area contributed by atoms with Crippen molar-refractivity contribution in [1.82, 2.24) is 10.2 Å². The van der Waals surface area contributed by atoms with Gasteiger partial charge in [-0.2, -0.15) is 0 Å². The number of benzene rings is 1. The highest BCUT2D eigenvalue weighted by atomic mass is 35.5. The molecular weight excluding hydrogens is 312 g/mol. The Morgan fingerprint density at radius 2 is 2.04 bits per heavy atom. The Labute approximate surface area is 142 Å². The Morgan fingerprint density at radius 1 is 1.30 bits per heavy atom. The second-order valence-electron chi connectivity index (χ2n) is 6.43. The molecule has 0 unspecified atom stereocenters. The first-order valence-corrected chi connectivity index (χ1v) is 8.66. The van der Waals surface area contributed by atoms with Crippen molar-refractivity contribution in [2.75, 3.05) is 44.7 Å². The summed E-state index contributed by atoms with van der Waals surface area (Å²) in [6.07, 6.45) is 2.90. The summed E-state index contributed by atoms with van der Waals surface area (Å²) >= 11 is 6.08. The fourth-order valence-corrected chi connectivity index (χ4v) is 3.37. The summed E-state index contributed by atoms with van der Waals surface area (Å²) in [5, 5.41) is 14.3. The van der Waals surface area contributed by atoms with E-state index in [0.717, 1.165) is 56.4 Å². The topological polar surface area (TPSA) is 51.1 Å². The van der Waals surface area contributed by atoms with Gasteiger partial charge in [0.1, 0.15) is 0 Å². The molecule has 1 aliphatic heterocycles. The van der Waals surface area contributed by atoms with Crippen LogP contribution >= 0.6 is 11.6 Å². The van der Waals surface area contributed by atoms with E-state index in [1.807, 2.05) is 18.2 Å². The van der Waals surface area contributed by atoms with Gasteiger partial charge >= 0.3 is 0 Å². The predicted molar refractivity (Wildman–Crippen MR) is 95.4 cm³/mol. The first-order chi connectivity index (χ1) is 11.1. The maximum Gasteiger partial charge on any atom is 0.193 e. The molecule has 126 valence electrons. The number of anilines is 1. The predicted octanol–water partition coefficient (Wildman–Crippen LogP) is 1.95. The zero-order chi connectivity index (χ0) is 16.3. The zero-order valence-corrected chi connectivity index (χ0v) is 14.4. The quantitative estimate of drug-likeness (QED) is 0.654. The summed E-state index contributed by atoms with van der Waals surface area (Å²) in [6.45, 7) is 4.28. The molecule has 1 heterocycles. The lowest BCUT2D eigenvalue weighted by atomic mass is 9.80. The number of hydrogen-bond donors (Lipinski definition) is 2. The van der Waals surface area contributed by atoms with E-state index in [-0.39, 0.29) is 0 Å². The van der Waals surface area contributed by atoms with E-state index in [1.165, 1.54) is 5.69 Å². The molecule has 3 rings (SSSR count). The van der Waals surface area contributed by atoms with Crippen LogP contribution < -0.4 is 10.2 Å². The van der Waals surface area contributed by atoms with Crippen LogP contribution in [0.15, 0.2) is 29.3 Å². The normalized spacial score (nSPS) is 21.1. The molecule has 0 amide bonds. The van der Waals surface area contributed by atoms with Crippen molar-refractivity contribution in [2.24, 2.45) is 4.99 Å². The van der Waals surface area contributed by atoms with E-state index in [2.05, 4.69) is 26.2 Å². The van der Waals surface area contributed by atoms with Gasteiger partial charge in [-0.15, -0.1) is 0 Å². The van der Waals surface area contributed by atoms with Gasteiger partial charge in [-0.05, 0) is 37.5 Å². The van der Waals surface area contributed by atoms with Crippen LogP contribution in [0.1, 0.15) is 19.3 Å². The fraction of sp³-hybridized carbons (Fsp3) is 0.588. The average molecular weight is 337 g/mol. The third kappa shape index (κ3) is 3.90. The second-order valence-corrected chi connectivity index (χ2v) is 6.87. The van der Waals surface area contributed by atoms with Crippen molar-refractivity contribution < 1.29 is 5.11 Å². The van der Waals surface area contributed by atoms with Gasteiger partial charge in [0.25, 0.3) is 0 Å². The Bertz CT molecular complexity index is 565. The van der Waals surface area contributed by atoms with Gasteiger partial charge in [-0.1, -0.05) is 17.7 Å². The molecule has 0 aromatic heterocycles. The minimum Gasteiger partial charge on any atom is -0.388 e. The van der Waals surface area contributed by atoms with Crippen molar-refractivity contribution in [2.45, 2.75) is 24.9 Å². The lowest BCUT2D eigenvalue weighted by Gasteiger charge is -2.40. The van der Waals surface area contributed by atoms with Crippen molar-refractivity contribution in [3.05, 3.63) is 29.3 Å². The lowest BCUT2D eigenvalue weighted by molar-refractivity contribution is -0.0283. The monoisotopic (exact) mass is 336 g/mol. The molecule has 1 aromatic rings. The van der Waals surface area contributed by atoms with Gasteiger partial charge in [-0.25, -0.2) is 0 Å². The van der Waals surface area contributed by atoms with E-state index in [1.54, 1.807) is 7.05 Å². The Hall–Kier alpha value is -1.46. The summed E-state index contributed by atoms with van der Waals surface area (Å²) < 4.78 is 0. The van der Waals surface area contributed by atoms with Crippen molar-refractivity contribution in [1.29, 1.82) is 0 Å². The molecule has 1 saturated heterocycles. The van der Waals surface area contributed by atoms with Gasteiger partial charge < -0.3 is 20.2 Å². The first kappa shape index (κ1) is 16.4. The van der Waals surface area contributed by atoms with Crippen molar-refractivity contribution >= 4 is 23.2 Å². The molecule has 0 spiro atoms. The smallest absolute Gasteiger partial charge is 0.193 e. The molecule has 2 aliphatic rings. The van der Waals surface area contributed by atoms with Gasteiger partial charge in [0, 0.05) is 50.5 Å². The van der Waals surface area contributed by atoms with Crippen LogP contribution in [0.3, 0.4) is 0 Å². The Kier molecular flexibility index (Phi) is 4.97. The summed E-state index contributed by atoms with van der Waals surface area (Å²) in [5.41, 5.74) is 0.641. The highest BCUT2D eigenvalue weighted by molar-refractivity contribution is 6.30. The fourth-order valence-electron chi connectivity index (χ4n) is 3.19. The molecule has 0 atom stereocenters. The van der Waals surface area contributed by atoms with Crippen LogP contribution in [-0.4, -0.2) is 61.3 Å². The van der Waals surface area contributed by atoms with Crippen molar-refractivity contribution in [3.8, 4) is 0 Å². The lowest BCUT2D eigenvalue weighted by Crippen LogP contribution is -2.56. The van der Waals surface area contributed by atoms with Crippen LogP contribution in [0, 0.1) is 0 Å². The molecule has 1 aliphatic carbocycles. The zero-order valence-electron chi connectivity index (χ0n) is 13.6. The van der Waals surface area contributed by atoms with Crippen LogP contribution in [-0.2, 0) is 0 Å². The highest BCUT2D eigenvalue weighted by Gasteiger charge is 2.34. The van der Waals surface area contributed by atoms with Crippen LogP contribution in [0.4, 0.5) is 5.69 Å². The van der Waals surface area contributed by atoms with Crippen LogP contribution in [0.25, 0.3) is 0 Å². The van der Waals surface area contributed by atoms with Gasteiger partial charge in [0.2, 0.25) is 0 Å². The number of nitrogens with zero attached hydrogens (tertiary/aromatic N) is 3. The maximum absolute atomic E-state index is 10.2. The van der Waals surface area contributed by atoms with Crippen LogP contribution in [0.2, 0.25) is 5.02 Å².